The number of hydrogen-bond donors (Lipinski definition) is 10. The first-order valence-electron chi connectivity index (χ1n) is 13.9. The van der Waals surface area contributed by atoms with Crippen LogP contribution in [0.1, 0.15) is 26.2 Å². The van der Waals surface area contributed by atoms with E-state index in [9.17, 15) is 23.7 Å². The lowest BCUT2D eigenvalue weighted by atomic mass is 9.73. The number of aliphatic hydroxyl groups is 3. The summed E-state index contributed by atoms with van der Waals surface area (Å²) in [5.74, 6) is -0.399. The fraction of sp³-hybridized carbons (Fsp3) is 0.917. The van der Waals surface area contributed by atoms with Crippen molar-refractivity contribution in [2.75, 3.05) is 45.6 Å². The van der Waals surface area contributed by atoms with Crippen molar-refractivity contribution in [3.05, 3.63) is 11.8 Å². The van der Waals surface area contributed by atoms with Gasteiger partial charge in [-0.15, -0.1) is 0 Å². The van der Waals surface area contributed by atoms with Crippen LogP contribution in [-0.2, 0) is 24.2 Å². The molecule has 1 aliphatic carbocycles. The molecule has 1 saturated carbocycles. The van der Waals surface area contributed by atoms with Gasteiger partial charge in [0.15, 0.2) is 6.29 Å². The monoisotopic (exact) mass is 595 g/mol. The van der Waals surface area contributed by atoms with Crippen LogP contribution in [0.5, 0.6) is 0 Å². The van der Waals surface area contributed by atoms with Crippen LogP contribution in [0, 0.1) is 5.92 Å². The van der Waals surface area contributed by atoms with Gasteiger partial charge in [-0.2, -0.15) is 0 Å². The van der Waals surface area contributed by atoms with Crippen LogP contribution in [0.15, 0.2) is 11.8 Å². The molecule has 2 heterocycles. The third-order valence-electron chi connectivity index (χ3n) is 7.86. The third kappa shape index (κ3) is 8.09. The first-order chi connectivity index (χ1) is 18.8. The summed E-state index contributed by atoms with van der Waals surface area (Å²) in [6.07, 6.45) is -2.55. The molecule has 0 amide bonds. The second-order valence-corrected chi connectivity index (χ2v) is 13.0. The summed E-state index contributed by atoms with van der Waals surface area (Å²) in [5.41, 5.74) is 22.6. The number of likely N-dealkylation sites (N-methyl/N-ethyl adjacent to an activating group) is 1. The molecule has 0 aromatic carbocycles. The molecule has 40 heavy (non-hydrogen) atoms. The SMILES string of the molecule is CN[C@@H]1[C@@H](O)[C@@H](O[C@@H]2[C@@H](O)[C@H](C3OC(CNCCCN)=CC[C@H]3N)[C@@H](N)C[C@H]2NS(=O)(=O)CCN)OC[C@]1(C)O. The van der Waals surface area contributed by atoms with Crippen LogP contribution < -0.4 is 38.3 Å². The molecule has 1 saturated heterocycles. The van der Waals surface area contributed by atoms with Gasteiger partial charge >= 0.3 is 0 Å². The standard InChI is InChI=1S/C24H49N7O8S/c1-24(34)12-37-23(19(33)22(24)29-2)39-21-16(31-40(35,36)9-7-26)10-15(28)17(18(21)32)20-14(27)5-4-13(38-20)11-30-8-3-6-25/h4,14-23,29-34H,3,5-12,25-28H2,1-2H3/t14-,15+,16-,17-,18+,19-,20?,21+,22-,23-,24+/m1/s1. The third-order valence-corrected chi connectivity index (χ3v) is 9.30. The van der Waals surface area contributed by atoms with Crippen molar-refractivity contribution in [1.82, 2.24) is 15.4 Å². The van der Waals surface area contributed by atoms with Gasteiger partial charge < -0.3 is 63.1 Å². The highest BCUT2D eigenvalue weighted by Crippen LogP contribution is 2.36. The minimum Gasteiger partial charge on any atom is -0.492 e. The Labute approximate surface area is 236 Å². The molecule has 1 unspecified atom stereocenters. The van der Waals surface area contributed by atoms with Gasteiger partial charge in [-0.3, -0.25) is 0 Å². The zero-order chi connectivity index (χ0) is 29.7. The highest BCUT2D eigenvalue weighted by atomic mass is 32.2. The van der Waals surface area contributed by atoms with Crippen LogP contribution in [0.3, 0.4) is 0 Å². The Morgan fingerprint density at radius 1 is 1.18 bits per heavy atom. The van der Waals surface area contributed by atoms with Gasteiger partial charge in [-0.1, -0.05) is 0 Å². The lowest BCUT2D eigenvalue weighted by Gasteiger charge is -2.50. The minimum absolute atomic E-state index is 0.0898. The molecule has 0 radical (unpaired) electrons. The predicted octanol–water partition coefficient (Wildman–Crippen LogP) is -4.68. The maximum Gasteiger partial charge on any atom is 0.213 e. The number of nitrogens with one attached hydrogen (secondary N) is 3. The Balaban J connectivity index is 1.84. The van der Waals surface area contributed by atoms with Crippen LogP contribution in [0.4, 0.5) is 0 Å². The van der Waals surface area contributed by atoms with Crippen LogP contribution in [0.25, 0.3) is 0 Å². The molecule has 11 atom stereocenters. The predicted molar refractivity (Wildman–Crippen MR) is 148 cm³/mol. The fourth-order valence-electron chi connectivity index (χ4n) is 5.82. The van der Waals surface area contributed by atoms with E-state index in [1.165, 1.54) is 6.92 Å². The molecule has 234 valence electrons. The zero-order valence-corrected chi connectivity index (χ0v) is 24.1. The summed E-state index contributed by atoms with van der Waals surface area (Å²) in [7, 11) is -2.26. The molecule has 0 bridgehead atoms. The zero-order valence-electron chi connectivity index (χ0n) is 23.3. The molecule has 3 rings (SSSR count). The number of ether oxygens (including phenoxy) is 3. The Hall–Kier alpha value is -0.990. The average molecular weight is 596 g/mol. The second-order valence-electron chi connectivity index (χ2n) is 11.2. The van der Waals surface area contributed by atoms with Gasteiger partial charge in [-0.05, 0) is 52.4 Å². The molecular formula is C24H49N7O8S. The normalized spacial score (nSPS) is 40.9. The summed E-state index contributed by atoms with van der Waals surface area (Å²) in [6.45, 7) is 2.97. The van der Waals surface area contributed by atoms with E-state index in [2.05, 4.69) is 15.4 Å². The highest BCUT2D eigenvalue weighted by molar-refractivity contribution is 7.89. The van der Waals surface area contributed by atoms with Crippen molar-refractivity contribution in [2.45, 2.75) is 86.7 Å². The van der Waals surface area contributed by atoms with Crippen LogP contribution >= 0.6 is 0 Å². The van der Waals surface area contributed by atoms with Gasteiger partial charge in [0, 0.05) is 24.5 Å². The fourth-order valence-corrected chi connectivity index (χ4v) is 6.94. The van der Waals surface area contributed by atoms with Crippen LogP contribution in [0.2, 0.25) is 0 Å². The molecule has 2 fully saturated rings. The van der Waals surface area contributed by atoms with Crippen molar-refractivity contribution in [2.24, 2.45) is 28.9 Å². The van der Waals surface area contributed by atoms with Gasteiger partial charge in [0.05, 0.1) is 37.1 Å². The van der Waals surface area contributed by atoms with Crippen molar-refractivity contribution >= 4 is 10.0 Å². The molecule has 14 N–H and O–H groups in total. The van der Waals surface area contributed by atoms with Gasteiger partial charge in [0.1, 0.15) is 29.7 Å². The average Bonchev–Trinajstić information content (AvgIpc) is 2.86. The number of sulfonamides is 1. The summed E-state index contributed by atoms with van der Waals surface area (Å²) in [6, 6.07) is -2.96. The first-order valence-corrected chi connectivity index (χ1v) is 15.5. The summed E-state index contributed by atoms with van der Waals surface area (Å²) < 4.78 is 45.9. The van der Waals surface area contributed by atoms with Crippen molar-refractivity contribution in [3.63, 3.8) is 0 Å². The Kier molecular flexibility index (Phi) is 12.1. The van der Waals surface area contributed by atoms with E-state index in [-0.39, 0.29) is 25.3 Å². The second kappa shape index (κ2) is 14.5. The summed E-state index contributed by atoms with van der Waals surface area (Å²) in [5, 5.41) is 39.4. The lowest BCUT2D eigenvalue weighted by molar-refractivity contribution is -0.297. The van der Waals surface area contributed by atoms with Crippen molar-refractivity contribution < 1.29 is 37.9 Å². The van der Waals surface area contributed by atoms with E-state index in [1.807, 2.05) is 6.08 Å². The van der Waals surface area contributed by atoms with E-state index in [4.69, 9.17) is 37.1 Å². The number of nitrogens with two attached hydrogens (primary N) is 4. The summed E-state index contributed by atoms with van der Waals surface area (Å²) in [4.78, 5) is 0. The van der Waals surface area contributed by atoms with Gasteiger partial charge in [0.2, 0.25) is 10.0 Å². The lowest BCUT2D eigenvalue weighted by Crippen LogP contribution is -2.69. The topological polar surface area (TPSA) is 263 Å². The maximum atomic E-state index is 12.7. The molecular weight excluding hydrogens is 546 g/mol. The molecule has 16 heteroatoms. The Morgan fingerprint density at radius 2 is 1.90 bits per heavy atom. The van der Waals surface area contributed by atoms with E-state index < -0.39 is 76.4 Å². The minimum atomic E-state index is -3.84. The number of aliphatic hydroxyl groups excluding tert-OH is 2. The van der Waals surface area contributed by atoms with E-state index in [1.54, 1.807) is 7.05 Å². The van der Waals surface area contributed by atoms with E-state index in [0.717, 1.165) is 6.42 Å². The number of rotatable bonds is 13. The maximum absolute atomic E-state index is 12.7. The van der Waals surface area contributed by atoms with Crippen molar-refractivity contribution in [3.8, 4) is 0 Å². The summed E-state index contributed by atoms with van der Waals surface area (Å²) >= 11 is 0. The molecule has 2 aliphatic heterocycles. The molecule has 0 aromatic rings. The largest absolute Gasteiger partial charge is 0.492 e. The quantitative estimate of drug-likeness (QED) is 0.0898. The Morgan fingerprint density at radius 3 is 2.55 bits per heavy atom. The number of hydrogen-bond acceptors (Lipinski definition) is 14. The molecule has 15 nitrogen and oxygen atoms in total. The van der Waals surface area contributed by atoms with Gasteiger partial charge in [0.25, 0.3) is 0 Å². The molecule has 3 aliphatic rings. The van der Waals surface area contributed by atoms with Crippen LogP contribution in [-0.4, -0.2) is 130 Å². The van der Waals surface area contributed by atoms with E-state index in [0.29, 0.717) is 31.8 Å². The smallest absolute Gasteiger partial charge is 0.213 e. The molecule has 0 aromatic heterocycles. The molecule has 0 spiro atoms. The van der Waals surface area contributed by atoms with E-state index >= 15 is 0 Å². The van der Waals surface area contributed by atoms with Crippen molar-refractivity contribution in [1.29, 1.82) is 0 Å². The highest BCUT2D eigenvalue weighted by Gasteiger charge is 2.53. The Bertz CT molecular complexity index is 942. The first kappa shape index (κ1) is 33.5. The van der Waals surface area contributed by atoms with Gasteiger partial charge in [-0.25, -0.2) is 13.1 Å².